The van der Waals surface area contributed by atoms with Crippen LogP contribution in [-0.2, 0) is 35.1 Å². The summed E-state index contributed by atoms with van der Waals surface area (Å²) in [4.78, 5) is 22.8. The number of amidine groups is 1. The van der Waals surface area contributed by atoms with Crippen molar-refractivity contribution in [2.24, 2.45) is 4.99 Å². The summed E-state index contributed by atoms with van der Waals surface area (Å²) in [7, 11) is -4.04. The fourth-order valence-corrected chi connectivity index (χ4v) is 10.4. The number of ether oxygens (including phenoxy) is 1. The van der Waals surface area contributed by atoms with Gasteiger partial charge in [-0.05, 0) is 95.6 Å². The van der Waals surface area contributed by atoms with E-state index in [1.165, 1.54) is 22.5 Å². The number of hydrogen-bond donors (Lipinski definition) is 2. The molecular formula is C45H59N4O8S3+. The van der Waals surface area contributed by atoms with Crippen LogP contribution in [0.2, 0.25) is 0 Å². The summed E-state index contributed by atoms with van der Waals surface area (Å²) >= 11 is 2.63. The molecule has 4 aliphatic rings. The molecule has 0 saturated carbocycles. The van der Waals surface area contributed by atoms with Crippen molar-refractivity contribution in [1.82, 2.24) is 4.90 Å². The number of nitrogens with zero attached hydrogens (tertiary/aromatic N) is 4. The summed E-state index contributed by atoms with van der Waals surface area (Å²) in [6, 6.07) is 16.9. The van der Waals surface area contributed by atoms with Gasteiger partial charge < -0.3 is 9.64 Å². The maximum absolute atomic E-state index is 13.4. The Morgan fingerprint density at radius 3 is 2.43 bits per heavy atom. The van der Waals surface area contributed by atoms with Crippen LogP contribution in [0, 0.1) is 0 Å². The molecule has 3 aliphatic heterocycles. The Bertz CT molecular complexity index is 2230. The van der Waals surface area contributed by atoms with Crippen molar-refractivity contribution >= 4 is 62.3 Å². The Kier molecular flexibility index (Phi) is 14.6. The number of para-hydroxylation sites is 2. The normalized spacial score (nSPS) is 20.8. The van der Waals surface area contributed by atoms with Gasteiger partial charge in [-0.1, -0.05) is 79.2 Å². The van der Waals surface area contributed by atoms with Crippen LogP contribution in [0.5, 0.6) is 0 Å². The molecule has 2 N–H and O–H groups in total. The molecule has 1 aliphatic carbocycles. The maximum Gasteiger partial charge on any atom is 0.416 e. The Balaban J connectivity index is 1.40. The van der Waals surface area contributed by atoms with Gasteiger partial charge in [0.2, 0.25) is 5.69 Å². The summed E-state index contributed by atoms with van der Waals surface area (Å²) in [6.45, 7) is 16.5. The zero-order chi connectivity index (χ0) is 43.3. The summed E-state index contributed by atoms with van der Waals surface area (Å²) < 4.78 is 45.0. The Labute approximate surface area is 364 Å². The lowest BCUT2D eigenvalue weighted by Crippen LogP contribution is -2.37. The smallest absolute Gasteiger partial charge is 0.416 e. The highest BCUT2D eigenvalue weighted by Crippen LogP contribution is 2.48. The Hall–Kier alpha value is -3.70. The second-order valence-electron chi connectivity index (χ2n) is 17.5. The fourth-order valence-electron chi connectivity index (χ4n) is 8.42. The highest BCUT2D eigenvalue weighted by molar-refractivity contribution is 8.14. The van der Waals surface area contributed by atoms with Gasteiger partial charge in [0.1, 0.15) is 12.1 Å². The van der Waals surface area contributed by atoms with Gasteiger partial charge in [-0.25, -0.2) is 15.0 Å². The first-order valence-corrected chi connectivity index (χ1v) is 24.1. The predicted molar refractivity (Wildman–Crippen MR) is 243 cm³/mol. The van der Waals surface area contributed by atoms with Crippen molar-refractivity contribution in [3.8, 4) is 0 Å². The Morgan fingerprint density at radius 2 is 1.70 bits per heavy atom. The van der Waals surface area contributed by atoms with Crippen molar-refractivity contribution in [3.05, 3.63) is 107 Å². The molecule has 1 saturated heterocycles. The molecule has 0 unspecified atom stereocenters. The summed E-state index contributed by atoms with van der Waals surface area (Å²) in [5.74, 6) is 1.13. The van der Waals surface area contributed by atoms with Crippen molar-refractivity contribution in [2.45, 2.75) is 103 Å². The van der Waals surface area contributed by atoms with Gasteiger partial charge >= 0.3 is 6.09 Å². The summed E-state index contributed by atoms with van der Waals surface area (Å²) in [5, 5.41) is 12.9. The maximum atomic E-state index is 13.4. The van der Waals surface area contributed by atoms with Gasteiger partial charge in [0, 0.05) is 77.6 Å². The molecule has 0 atom stereocenters. The van der Waals surface area contributed by atoms with E-state index in [4.69, 9.17) is 15.0 Å². The molecule has 6 rings (SSSR count). The number of aliphatic imine (C=N–C) groups is 1. The molecule has 2 aromatic carbocycles. The molecular weight excluding hydrogens is 821 g/mol. The lowest BCUT2D eigenvalue weighted by Gasteiger charge is -2.27. The van der Waals surface area contributed by atoms with Gasteiger partial charge in [0.15, 0.2) is 10.9 Å². The quantitative estimate of drug-likeness (QED) is 0.0416. The average Bonchev–Trinajstić information content (AvgIpc) is 3.91. The average molecular weight is 880 g/mol. The van der Waals surface area contributed by atoms with Crippen LogP contribution in [0.4, 0.5) is 16.2 Å². The number of carbonyl (C=O) groups excluding carboxylic acids is 1. The molecule has 12 nitrogen and oxygen atoms in total. The fraction of sp³-hybridized carbons (Fsp3) is 0.489. The Morgan fingerprint density at radius 1 is 0.967 bits per heavy atom. The van der Waals surface area contributed by atoms with Crippen LogP contribution in [0.3, 0.4) is 0 Å². The molecule has 324 valence electrons. The molecule has 0 aromatic heterocycles. The van der Waals surface area contributed by atoms with Gasteiger partial charge in [-0.3, -0.25) is 9.45 Å². The molecule has 1 fully saturated rings. The van der Waals surface area contributed by atoms with Crippen molar-refractivity contribution < 1.29 is 41.7 Å². The first kappa shape index (κ1) is 45.8. The number of allylic oxidation sites excluding steroid dienone is 7. The number of thioether (sulfide) groups is 1. The van der Waals surface area contributed by atoms with Crippen molar-refractivity contribution in [2.75, 3.05) is 41.8 Å². The largest absolute Gasteiger partial charge is 0.443 e. The van der Waals surface area contributed by atoms with E-state index in [2.05, 4.69) is 107 Å². The first-order valence-electron chi connectivity index (χ1n) is 20.6. The van der Waals surface area contributed by atoms with Gasteiger partial charge in [-0.15, -0.1) is 4.33 Å². The molecule has 2 aromatic rings. The van der Waals surface area contributed by atoms with Gasteiger partial charge in [0.25, 0.3) is 10.1 Å². The molecule has 1 amide bonds. The third kappa shape index (κ3) is 10.7. The highest BCUT2D eigenvalue weighted by Gasteiger charge is 2.44. The minimum atomic E-state index is -4.04. The van der Waals surface area contributed by atoms with E-state index in [9.17, 15) is 17.8 Å². The second-order valence-corrected chi connectivity index (χ2v) is 20.9. The molecule has 0 radical (unpaired) electrons. The highest BCUT2D eigenvalue weighted by atomic mass is 32.2. The van der Waals surface area contributed by atoms with Crippen LogP contribution >= 0.6 is 23.8 Å². The zero-order valence-corrected chi connectivity index (χ0v) is 38.2. The lowest BCUT2D eigenvalue weighted by atomic mass is 9.81. The van der Waals surface area contributed by atoms with Crippen LogP contribution in [0.15, 0.2) is 100 Å². The number of unbranched alkanes of at least 4 members (excludes halogenated alkanes) is 2. The van der Waals surface area contributed by atoms with E-state index in [0.717, 1.165) is 78.3 Å². The van der Waals surface area contributed by atoms with Crippen LogP contribution < -0.4 is 4.90 Å². The first-order chi connectivity index (χ1) is 28.4. The number of benzene rings is 2. The number of amides is 1. The minimum absolute atomic E-state index is 0.257. The lowest BCUT2D eigenvalue weighted by molar-refractivity contribution is -0.438. The van der Waals surface area contributed by atoms with Crippen LogP contribution in [-0.4, -0.2) is 87.2 Å². The van der Waals surface area contributed by atoms with Gasteiger partial charge in [0.05, 0.1) is 16.9 Å². The number of carbonyl (C=O) groups is 1. The second kappa shape index (κ2) is 19.1. The van der Waals surface area contributed by atoms with Crippen molar-refractivity contribution in [3.63, 3.8) is 0 Å². The number of rotatable bonds is 16. The van der Waals surface area contributed by atoms with Crippen LogP contribution in [0.25, 0.3) is 0 Å². The van der Waals surface area contributed by atoms with E-state index >= 15 is 0 Å². The van der Waals surface area contributed by atoms with Crippen molar-refractivity contribution in [1.29, 1.82) is 0 Å². The van der Waals surface area contributed by atoms with E-state index in [0.29, 0.717) is 36.9 Å². The van der Waals surface area contributed by atoms with E-state index in [-0.39, 0.29) is 16.6 Å². The SMILES string of the molecule is CC(C)(C)OC(=O)N1CCSC1=NC1=C(C=CC2=[N+](CCCCS(=O)(=O)O)c3ccccc3C2(C)C)CCC1=CC=C1N(CCCCSOOO)c2ccccc2C1(C)C. The summed E-state index contributed by atoms with van der Waals surface area (Å²) in [5.41, 5.74) is 8.77. The molecule has 3 heterocycles. The standard InChI is InChI=1S/C45H58N4O8S3/c1-43(2,3)55-42(50)49-28-30-58-41(49)46-40-32(22-24-38-44(4,5)34-16-8-10-18-36(34)47(38)26-12-14-29-59-57-56-51)20-21-33(40)23-25-39-45(6,7)35-17-9-11-19-37(35)48(39)27-13-15-31-60(52,53)54/h8-11,16-19,22-25H,12-15,20-21,26-31H2,1-7H3,(H-,51,52,53,54)/p+1. The van der Waals surface area contributed by atoms with Crippen LogP contribution in [0.1, 0.15) is 98.1 Å². The van der Waals surface area contributed by atoms with E-state index < -0.39 is 21.8 Å². The monoisotopic (exact) mass is 879 g/mol. The van der Waals surface area contributed by atoms with E-state index in [1.54, 1.807) is 16.7 Å². The number of anilines is 1. The minimum Gasteiger partial charge on any atom is -0.443 e. The molecule has 60 heavy (non-hydrogen) atoms. The molecule has 0 bridgehead atoms. The topological polar surface area (TPSA) is 141 Å². The third-order valence-corrected chi connectivity index (χ3v) is 13.7. The molecule has 15 heteroatoms. The molecule has 0 spiro atoms. The summed E-state index contributed by atoms with van der Waals surface area (Å²) in [6.07, 6.45) is 12.6. The third-order valence-electron chi connectivity index (χ3n) is 11.3. The number of hydrogen-bond acceptors (Lipinski definition) is 11. The number of fused-ring (bicyclic) bond motifs is 2. The van der Waals surface area contributed by atoms with E-state index in [1.807, 2.05) is 32.9 Å². The predicted octanol–water partition coefficient (Wildman–Crippen LogP) is 10.1. The zero-order valence-electron chi connectivity index (χ0n) is 35.8. The van der Waals surface area contributed by atoms with Gasteiger partial charge in [-0.2, -0.15) is 13.0 Å².